The number of methoxy groups -OCH3 is 2. The first kappa shape index (κ1) is 26.8. The van der Waals surface area contributed by atoms with E-state index in [0.717, 1.165) is 5.56 Å². The molecule has 4 aliphatic heterocycles. The van der Waals surface area contributed by atoms with Crippen LogP contribution in [0.5, 0.6) is 11.5 Å². The highest BCUT2D eigenvalue weighted by molar-refractivity contribution is 5.77. The van der Waals surface area contributed by atoms with Gasteiger partial charge < -0.3 is 58.0 Å². The van der Waals surface area contributed by atoms with Gasteiger partial charge in [0.2, 0.25) is 6.79 Å². The van der Waals surface area contributed by atoms with Gasteiger partial charge in [-0.1, -0.05) is 0 Å². The normalized spacial score (nSPS) is 39.3. The van der Waals surface area contributed by atoms with E-state index in [0.29, 0.717) is 29.2 Å². The molecule has 0 amide bonds. The third-order valence-electron chi connectivity index (χ3n) is 8.93. The van der Waals surface area contributed by atoms with Gasteiger partial charge in [0, 0.05) is 18.3 Å². The minimum absolute atomic E-state index is 0.00818. The number of hydrogen-bond acceptors (Lipinski definition) is 13. The molecular formula is C28H32O13. The van der Waals surface area contributed by atoms with Crippen molar-refractivity contribution < 1.29 is 62.7 Å². The summed E-state index contributed by atoms with van der Waals surface area (Å²) < 4.78 is 51.2. The average molecular weight is 577 g/mol. The Bertz CT molecular complexity index is 1270. The fourth-order valence-electron chi connectivity index (χ4n) is 6.99. The zero-order chi connectivity index (χ0) is 28.4. The van der Waals surface area contributed by atoms with Gasteiger partial charge in [0.1, 0.15) is 37.0 Å². The summed E-state index contributed by atoms with van der Waals surface area (Å²) in [6.07, 6.45) is -3.97. The number of esters is 1. The highest BCUT2D eigenvalue weighted by atomic mass is 16.7. The molecule has 4 heterocycles. The van der Waals surface area contributed by atoms with Gasteiger partial charge >= 0.3 is 5.97 Å². The maximum atomic E-state index is 13.4. The summed E-state index contributed by atoms with van der Waals surface area (Å²) in [4.78, 5) is 13.4. The molecule has 7 rings (SSSR count). The van der Waals surface area contributed by atoms with E-state index in [1.807, 2.05) is 12.1 Å². The van der Waals surface area contributed by atoms with E-state index >= 15 is 0 Å². The van der Waals surface area contributed by atoms with Gasteiger partial charge in [-0.15, -0.1) is 0 Å². The second-order valence-electron chi connectivity index (χ2n) is 11.0. The van der Waals surface area contributed by atoms with Gasteiger partial charge in [0.25, 0.3) is 0 Å². The Morgan fingerprint density at radius 1 is 0.927 bits per heavy atom. The smallest absolute Gasteiger partial charge is 0.310 e. The van der Waals surface area contributed by atoms with Crippen LogP contribution in [-0.4, -0.2) is 93.0 Å². The Labute approximate surface area is 235 Å². The zero-order valence-electron chi connectivity index (χ0n) is 22.5. The van der Waals surface area contributed by atoms with E-state index in [-0.39, 0.29) is 50.2 Å². The molecule has 6 aliphatic rings. The van der Waals surface area contributed by atoms with Crippen LogP contribution in [0.1, 0.15) is 29.6 Å². The van der Waals surface area contributed by atoms with Gasteiger partial charge in [-0.2, -0.15) is 0 Å². The van der Waals surface area contributed by atoms with E-state index in [1.165, 1.54) is 14.2 Å². The second kappa shape index (κ2) is 10.3. The van der Waals surface area contributed by atoms with Crippen LogP contribution in [-0.2, 0) is 38.0 Å². The summed E-state index contributed by atoms with van der Waals surface area (Å²) >= 11 is 0. The molecule has 13 heteroatoms. The fraction of sp³-hybridized carbons (Fsp3) is 0.607. The number of carbonyl (C=O) groups excluding carboxylic acids is 1. The van der Waals surface area contributed by atoms with Crippen LogP contribution >= 0.6 is 0 Å². The molecule has 3 N–H and O–H groups in total. The minimum Gasteiger partial charge on any atom is -0.502 e. The maximum Gasteiger partial charge on any atom is 0.310 e. The lowest BCUT2D eigenvalue weighted by Crippen LogP contribution is -2.62. The van der Waals surface area contributed by atoms with E-state index in [9.17, 15) is 20.1 Å². The van der Waals surface area contributed by atoms with Gasteiger partial charge in [0.15, 0.2) is 29.3 Å². The first-order valence-corrected chi connectivity index (χ1v) is 13.6. The summed E-state index contributed by atoms with van der Waals surface area (Å²) in [5.41, 5.74) is 1.48. The standard InChI is InChI=1S/C28H32O13/c1-33-17-3-11(4-18(34-2)22(17)29)20-12-5-15-16(38-10-37-15)6-13(12)25(14-7-36-27(32)21(14)20)41-28-24(31)23(30)26-19(40-28)8-35-9-39-26/h3,5-6,11,14,19-21,23-26,28-31H,4,7-10H2,1-2H3/t11?,14-,19+,20+,21-,23+,24+,25+,26+,28-/m0/s1. The van der Waals surface area contributed by atoms with Gasteiger partial charge in [0.05, 0.1) is 39.5 Å². The minimum atomic E-state index is -1.41. The van der Waals surface area contributed by atoms with E-state index in [1.54, 1.807) is 6.08 Å². The Morgan fingerprint density at radius 3 is 2.46 bits per heavy atom. The Hall–Kier alpha value is -3.07. The van der Waals surface area contributed by atoms with Gasteiger partial charge in [-0.3, -0.25) is 4.79 Å². The van der Waals surface area contributed by atoms with Crippen molar-refractivity contribution in [2.75, 3.05) is 41.0 Å². The number of hydrogen-bond donors (Lipinski definition) is 3. The van der Waals surface area contributed by atoms with Crippen LogP contribution in [0.4, 0.5) is 0 Å². The van der Waals surface area contributed by atoms with Crippen molar-refractivity contribution in [1.82, 2.24) is 0 Å². The average Bonchev–Trinajstić information content (AvgIpc) is 3.61. The van der Waals surface area contributed by atoms with Crippen molar-refractivity contribution >= 4 is 5.97 Å². The SMILES string of the molecule is COC1=CC([C@@H]2c3cc4c(cc3[C@@H](O[C@@H]3O[C@@H]5COCO[C@H]5[C@H](O)[C@H]3O)[C@H]3COC(=O)[C@@H]32)OCO4)CC(OC)=C1O. The molecule has 41 heavy (non-hydrogen) atoms. The van der Waals surface area contributed by atoms with Crippen LogP contribution in [0.25, 0.3) is 0 Å². The molecule has 0 spiro atoms. The molecule has 3 saturated heterocycles. The quantitative estimate of drug-likeness (QED) is 0.429. The summed E-state index contributed by atoms with van der Waals surface area (Å²) in [6.45, 7) is 0.284. The molecule has 1 unspecified atom stereocenters. The van der Waals surface area contributed by atoms with Crippen LogP contribution in [0.2, 0.25) is 0 Å². The van der Waals surface area contributed by atoms with E-state index < -0.39 is 54.6 Å². The molecular weight excluding hydrogens is 544 g/mol. The molecule has 0 radical (unpaired) electrons. The lowest BCUT2D eigenvalue weighted by molar-refractivity contribution is -0.349. The number of cyclic esters (lactones) is 1. The molecule has 2 aliphatic carbocycles. The molecule has 1 aromatic rings. The number of aliphatic hydroxyl groups excluding tert-OH is 3. The predicted molar refractivity (Wildman–Crippen MR) is 133 cm³/mol. The first-order valence-electron chi connectivity index (χ1n) is 13.6. The van der Waals surface area contributed by atoms with Gasteiger partial charge in [-0.05, 0) is 35.3 Å². The molecule has 13 nitrogen and oxygen atoms in total. The number of aliphatic hydroxyl groups is 3. The van der Waals surface area contributed by atoms with Crippen molar-refractivity contribution in [2.24, 2.45) is 17.8 Å². The number of carbonyl (C=O) groups is 1. The number of rotatable bonds is 5. The predicted octanol–water partition coefficient (Wildman–Crippen LogP) is 1.15. The van der Waals surface area contributed by atoms with Crippen molar-refractivity contribution in [3.05, 3.63) is 46.6 Å². The summed E-state index contributed by atoms with van der Waals surface area (Å²) in [7, 11) is 2.93. The molecule has 0 aromatic heterocycles. The van der Waals surface area contributed by atoms with Crippen LogP contribution in [0, 0.1) is 17.8 Å². The Morgan fingerprint density at radius 2 is 1.71 bits per heavy atom. The molecule has 0 saturated carbocycles. The maximum absolute atomic E-state index is 13.4. The highest BCUT2D eigenvalue weighted by Gasteiger charge is 2.57. The number of fused-ring (bicyclic) bond motifs is 4. The topological polar surface area (TPSA) is 161 Å². The second-order valence-corrected chi connectivity index (χ2v) is 11.0. The summed E-state index contributed by atoms with van der Waals surface area (Å²) in [6, 6.07) is 3.67. The monoisotopic (exact) mass is 576 g/mol. The summed E-state index contributed by atoms with van der Waals surface area (Å²) in [5, 5.41) is 32.4. The lowest BCUT2D eigenvalue weighted by Gasteiger charge is -2.47. The summed E-state index contributed by atoms with van der Waals surface area (Å²) in [5.74, 6) is -0.682. The molecule has 10 atom stereocenters. The highest BCUT2D eigenvalue weighted by Crippen LogP contribution is 2.57. The third-order valence-corrected chi connectivity index (χ3v) is 8.93. The van der Waals surface area contributed by atoms with E-state index in [4.69, 9.17) is 42.6 Å². The number of ether oxygens (including phenoxy) is 9. The van der Waals surface area contributed by atoms with Crippen LogP contribution in [0.3, 0.4) is 0 Å². The zero-order valence-corrected chi connectivity index (χ0v) is 22.5. The van der Waals surface area contributed by atoms with Gasteiger partial charge in [-0.25, -0.2) is 0 Å². The Balaban J connectivity index is 1.30. The fourth-order valence-corrected chi connectivity index (χ4v) is 6.99. The molecule has 3 fully saturated rings. The van der Waals surface area contributed by atoms with Crippen molar-refractivity contribution in [1.29, 1.82) is 0 Å². The van der Waals surface area contributed by atoms with Crippen molar-refractivity contribution in [3.63, 3.8) is 0 Å². The van der Waals surface area contributed by atoms with Crippen molar-refractivity contribution in [3.8, 4) is 11.5 Å². The first-order chi connectivity index (χ1) is 19.9. The molecule has 1 aromatic carbocycles. The number of benzene rings is 1. The Kier molecular flexibility index (Phi) is 6.75. The number of allylic oxidation sites excluding steroid dienone is 2. The van der Waals surface area contributed by atoms with Crippen LogP contribution in [0.15, 0.2) is 35.5 Å². The third kappa shape index (κ3) is 4.25. The molecule has 0 bridgehead atoms. The van der Waals surface area contributed by atoms with E-state index in [2.05, 4.69) is 0 Å². The molecule has 222 valence electrons. The largest absolute Gasteiger partial charge is 0.502 e. The lowest BCUT2D eigenvalue weighted by atomic mass is 9.63. The van der Waals surface area contributed by atoms with Crippen LogP contribution < -0.4 is 9.47 Å². The van der Waals surface area contributed by atoms with Crippen molar-refractivity contribution in [2.45, 2.75) is 49.1 Å².